The van der Waals surface area contributed by atoms with Gasteiger partial charge in [0.15, 0.2) is 0 Å². The van der Waals surface area contributed by atoms with Gasteiger partial charge in [-0.1, -0.05) is 13.8 Å². The second-order valence-electron chi connectivity index (χ2n) is 7.00. The molecule has 0 amide bonds. The van der Waals surface area contributed by atoms with Crippen LogP contribution in [-0.4, -0.2) is 48.9 Å². The first-order valence-corrected chi connectivity index (χ1v) is 8.80. The molecule has 0 bridgehead atoms. The highest BCUT2D eigenvalue weighted by Gasteiger charge is 2.38. The van der Waals surface area contributed by atoms with E-state index in [-0.39, 0.29) is 5.04 Å². The van der Waals surface area contributed by atoms with Gasteiger partial charge in [0.1, 0.15) is 5.82 Å². The predicted octanol–water partition coefficient (Wildman–Crippen LogP) is 2.83. The minimum absolute atomic E-state index is 0.187. The molecule has 7 heteroatoms. The van der Waals surface area contributed by atoms with Crippen LogP contribution >= 0.6 is 12.6 Å². The molecule has 1 aliphatic carbocycles. The van der Waals surface area contributed by atoms with Crippen LogP contribution in [0.4, 0.5) is 11.8 Å². The first kappa shape index (κ1) is 19.0. The van der Waals surface area contributed by atoms with Crippen molar-refractivity contribution in [3.8, 4) is 0 Å². The minimum Gasteiger partial charge on any atom is -0.384 e. The number of nitrogens with one attached hydrogen (secondary N) is 2. The summed E-state index contributed by atoms with van der Waals surface area (Å²) in [6.45, 7) is 7.23. The molecule has 0 radical (unpaired) electrons. The SMILES string of the molecule is COC[C@H]1C[C@@H](Nc2nc(N(C)C)nc(C)c2C(=N)S)[C@H](C)[C@@H]1C. The molecule has 1 saturated carbocycles. The van der Waals surface area contributed by atoms with Crippen LogP contribution in [0.3, 0.4) is 0 Å². The van der Waals surface area contributed by atoms with E-state index < -0.39 is 0 Å². The van der Waals surface area contributed by atoms with Crippen LogP contribution in [0.1, 0.15) is 31.5 Å². The van der Waals surface area contributed by atoms with Crippen molar-refractivity contribution in [3.05, 3.63) is 11.3 Å². The quantitative estimate of drug-likeness (QED) is 0.417. The van der Waals surface area contributed by atoms with E-state index in [1.165, 1.54) is 0 Å². The Morgan fingerprint density at radius 2 is 2.00 bits per heavy atom. The average molecular weight is 352 g/mol. The largest absolute Gasteiger partial charge is 0.384 e. The van der Waals surface area contributed by atoms with Gasteiger partial charge in [0.2, 0.25) is 5.95 Å². The van der Waals surface area contributed by atoms with E-state index in [0.29, 0.717) is 41.1 Å². The van der Waals surface area contributed by atoms with Crippen molar-refractivity contribution in [2.24, 2.45) is 17.8 Å². The zero-order chi connectivity index (χ0) is 18.0. The van der Waals surface area contributed by atoms with Crippen molar-refractivity contribution in [3.63, 3.8) is 0 Å². The van der Waals surface area contributed by atoms with Gasteiger partial charge in [0, 0.05) is 33.9 Å². The second kappa shape index (κ2) is 7.70. The zero-order valence-electron chi connectivity index (χ0n) is 15.4. The van der Waals surface area contributed by atoms with Gasteiger partial charge < -0.3 is 15.0 Å². The summed E-state index contributed by atoms with van der Waals surface area (Å²) in [5.41, 5.74) is 1.45. The number of ether oxygens (including phenoxy) is 1. The van der Waals surface area contributed by atoms with Crippen molar-refractivity contribution in [2.75, 3.05) is 38.0 Å². The van der Waals surface area contributed by atoms with Gasteiger partial charge in [0.05, 0.1) is 16.3 Å². The van der Waals surface area contributed by atoms with E-state index in [1.54, 1.807) is 7.11 Å². The number of rotatable bonds is 6. The molecule has 134 valence electrons. The van der Waals surface area contributed by atoms with Crippen LogP contribution in [0.25, 0.3) is 0 Å². The molecule has 1 aromatic rings. The summed E-state index contributed by atoms with van der Waals surface area (Å²) in [7, 11) is 5.59. The van der Waals surface area contributed by atoms with Crippen LogP contribution in [0.15, 0.2) is 0 Å². The zero-order valence-corrected chi connectivity index (χ0v) is 16.3. The third kappa shape index (κ3) is 3.83. The third-order valence-electron chi connectivity index (χ3n) is 5.18. The highest BCUT2D eigenvalue weighted by atomic mass is 32.1. The van der Waals surface area contributed by atoms with Crippen molar-refractivity contribution in [2.45, 2.75) is 33.2 Å². The lowest BCUT2D eigenvalue weighted by Gasteiger charge is -2.23. The molecule has 0 aliphatic heterocycles. The maximum atomic E-state index is 7.98. The first-order valence-electron chi connectivity index (χ1n) is 8.35. The smallest absolute Gasteiger partial charge is 0.227 e. The van der Waals surface area contributed by atoms with E-state index in [9.17, 15) is 0 Å². The Kier molecular flexibility index (Phi) is 6.09. The summed E-state index contributed by atoms with van der Waals surface area (Å²) in [5, 5.41) is 11.7. The molecule has 2 rings (SSSR count). The van der Waals surface area contributed by atoms with Gasteiger partial charge in [-0.2, -0.15) is 4.98 Å². The van der Waals surface area contributed by atoms with E-state index in [4.69, 9.17) is 10.1 Å². The number of nitrogens with zero attached hydrogens (tertiary/aromatic N) is 3. The lowest BCUT2D eigenvalue weighted by molar-refractivity contribution is 0.131. The Hall–Kier alpha value is -1.34. The standard InChI is InChI=1S/C17H29N5OS/c1-9-10(2)13(7-12(9)8-23-6)20-16-14(15(18)24)11(3)19-17(21-16)22(4)5/h9-10,12-13H,7-8H2,1-6H3,(H2,18,24)(H,19,20,21)/t9-,10+,12+,13+/m0/s1. The molecular formula is C17H29N5OS. The number of hydrogen-bond donors (Lipinski definition) is 3. The summed E-state index contributed by atoms with van der Waals surface area (Å²) >= 11 is 4.23. The fourth-order valence-electron chi connectivity index (χ4n) is 3.50. The number of methoxy groups -OCH3 is 1. The molecular weight excluding hydrogens is 322 g/mol. The molecule has 4 atom stereocenters. The molecule has 24 heavy (non-hydrogen) atoms. The minimum atomic E-state index is 0.187. The number of thiol groups is 1. The Morgan fingerprint density at radius 3 is 2.54 bits per heavy atom. The van der Waals surface area contributed by atoms with Crippen LogP contribution in [0.5, 0.6) is 0 Å². The van der Waals surface area contributed by atoms with Gasteiger partial charge in [-0.3, -0.25) is 5.41 Å². The Bertz CT molecular complexity index is 607. The lowest BCUT2D eigenvalue weighted by atomic mass is 9.92. The summed E-state index contributed by atoms with van der Waals surface area (Å²) in [6.07, 6.45) is 1.04. The predicted molar refractivity (Wildman–Crippen MR) is 103 cm³/mol. The fourth-order valence-corrected chi connectivity index (χ4v) is 3.76. The number of aromatic nitrogens is 2. The molecule has 0 spiro atoms. The summed E-state index contributed by atoms with van der Waals surface area (Å²) in [6, 6.07) is 0.302. The van der Waals surface area contributed by atoms with E-state index in [2.05, 4.69) is 41.8 Å². The maximum Gasteiger partial charge on any atom is 0.227 e. The number of aryl methyl sites for hydroxylation is 1. The number of anilines is 2. The molecule has 1 aromatic heterocycles. The first-order chi connectivity index (χ1) is 11.3. The molecule has 0 unspecified atom stereocenters. The molecule has 1 fully saturated rings. The average Bonchev–Trinajstić information content (AvgIpc) is 2.75. The van der Waals surface area contributed by atoms with Gasteiger partial charge in [-0.15, -0.1) is 12.6 Å². The second-order valence-corrected chi connectivity index (χ2v) is 7.44. The highest BCUT2D eigenvalue weighted by Crippen LogP contribution is 2.39. The van der Waals surface area contributed by atoms with Gasteiger partial charge >= 0.3 is 0 Å². The summed E-state index contributed by atoms with van der Waals surface area (Å²) in [4.78, 5) is 11.0. The van der Waals surface area contributed by atoms with Crippen LogP contribution in [-0.2, 0) is 4.74 Å². The topological polar surface area (TPSA) is 74.1 Å². The van der Waals surface area contributed by atoms with Crippen molar-refractivity contribution < 1.29 is 4.74 Å². The van der Waals surface area contributed by atoms with Crippen molar-refractivity contribution >= 4 is 29.4 Å². The van der Waals surface area contributed by atoms with Crippen LogP contribution in [0.2, 0.25) is 0 Å². The molecule has 1 heterocycles. The monoisotopic (exact) mass is 351 g/mol. The molecule has 1 aliphatic rings. The maximum absolute atomic E-state index is 7.98. The Morgan fingerprint density at radius 1 is 1.33 bits per heavy atom. The highest BCUT2D eigenvalue weighted by molar-refractivity contribution is 7.97. The normalized spacial score (nSPS) is 26.5. The van der Waals surface area contributed by atoms with Crippen molar-refractivity contribution in [1.29, 1.82) is 5.41 Å². The van der Waals surface area contributed by atoms with Crippen molar-refractivity contribution in [1.82, 2.24) is 9.97 Å². The number of hydrogen-bond acceptors (Lipinski definition) is 6. The fraction of sp³-hybridized carbons (Fsp3) is 0.706. The lowest BCUT2D eigenvalue weighted by Crippen LogP contribution is -2.27. The van der Waals surface area contributed by atoms with Crippen LogP contribution in [0, 0.1) is 30.1 Å². The van der Waals surface area contributed by atoms with Gasteiger partial charge in [-0.25, -0.2) is 4.98 Å². The molecule has 0 aromatic carbocycles. The van der Waals surface area contributed by atoms with E-state index in [0.717, 1.165) is 18.7 Å². The molecule has 2 N–H and O–H groups in total. The molecule has 6 nitrogen and oxygen atoms in total. The van der Waals surface area contributed by atoms with Gasteiger partial charge in [0.25, 0.3) is 0 Å². The van der Waals surface area contributed by atoms with Gasteiger partial charge in [-0.05, 0) is 31.1 Å². The van der Waals surface area contributed by atoms with Crippen LogP contribution < -0.4 is 10.2 Å². The third-order valence-corrected chi connectivity index (χ3v) is 5.41. The summed E-state index contributed by atoms with van der Waals surface area (Å²) < 4.78 is 5.37. The van der Waals surface area contributed by atoms with E-state index in [1.807, 2.05) is 25.9 Å². The Balaban J connectivity index is 2.33. The Labute approximate surface area is 150 Å². The summed E-state index contributed by atoms with van der Waals surface area (Å²) in [5.74, 6) is 2.97. The molecule has 0 saturated heterocycles. The van der Waals surface area contributed by atoms with E-state index >= 15 is 0 Å².